The minimum atomic E-state index is 0. The van der Waals surface area contributed by atoms with Gasteiger partial charge in [0.15, 0.2) is 6.29 Å². The molecule has 528 valence electrons. The fourth-order valence-corrected chi connectivity index (χ4v) is 13.2. The third kappa shape index (κ3) is 31.3. The van der Waals surface area contributed by atoms with E-state index >= 15 is 0 Å². The zero-order valence-electron chi connectivity index (χ0n) is 58.6. The summed E-state index contributed by atoms with van der Waals surface area (Å²) in [6, 6.07) is 43.6. The van der Waals surface area contributed by atoms with Gasteiger partial charge in [-0.05, 0) is 246 Å². The summed E-state index contributed by atoms with van der Waals surface area (Å²) in [5.74, 6) is 3.10. The lowest BCUT2D eigenvalue weighted by molar-refractivity contribution is 0.111. The number of aromatic hydroxyl groups is 2. The average Bonchev–Trinajstić information content (AvgIpc) is 0.803. The molecule has 14 heteroatoms. The number of carbonyl (C=O) groups excluding carboxylic acids is 2. The molecule has 0 aliphatic rings. The Hall–Kier alpha value is -3.53. The van der Waals surface area contributed by atoms with E-state index in [1.165, 1.54) is 170 Å². The van der Waals surface area contributed by atoms with Crippen LogP contribution in [-0.4, -0.2) is 42.6 Å². The molecule has 0 spiro atoms. The van der Waals surface area contributed by atoms with E-state index in [2.05, 4.69) is 222 Å². The molecular formula is C83H105Br4I3O7. The second kappa shape index (κ2) is 51.6. The van der Waals surface area contributed by atoms with E-state index in [9.17, 15) is 9.59 Å². The van der Waals surface area contributed by atoms with E-state index < -0.39 is 0 Å². The maximum Gasteiger partial charge on any atom is 0.154 e. The number of fused-ring (bicyclic) bond motifs is 4. The van der Waals surface area contributed by atoms with Crippen molar-refractivity contribution in [3.63, 3.8) is 0 Å². The van der Waals surface area contributed by atoms with Crippen molar-refractivity contribution >= 4 is 181 Å². The molecule has 9 rings (SSSR count). The van der Waals surface area contributed by atoms with Gasteiger partial charge in [0.05, 0.1) is 29.9 Å². The second-order valence-electron chi connectivity index (χ2n) is 24.6. The summed E-state index contributed by atoms with van der Waals surface area (Å²) < 4.78 is 21.9. The van der Waals surface area contributed by atoms with Gasteiger partial charge in [-0.3, -0.25) is 9.59 Å². The van der Waals surface area contributed by atoms with Crippen LogP contribution >= 0.6 is 125 Å². The molecule has 0 amide bonds. The minimum absolute atomic E-state index is 0. The van der Waals surface area contributed by atoms with Crippen LogP contribution in [0.1, 0.15) is 224 Å². The van der Waals surface area contributed by atoms with Crippen LogP contribution in [-0.2, 0) is 12.8 Å². The van der Waals surface area contributed by atoms with E-state index in [0.29, 0.717) is 17.9 Å². The fraction of sp³-hybridized carbons (Fsp3) is 0.422. The number of rotatable bonds is 32. The summed E-state index contributed by atoms with van der Waals surface area (Å²) in [5, 5.41) is 27.1. The van der Waals surface area contributed by atoms with E-state index in [1.54, 1.807) is 36.4 Å². The Morgan fingerprint density at radius 3 is 1.30 bits per heavy atom. The second-order valence-corrected chi connectivity index (χ2v) is 27.8. The van der Waals surface area contributed by atoms with Crippen LogP contribution in [0.4, 0.5) is 0 Å². The molecule has 0 aromatic heterocycles. The predicted molar refractivity (Wildman–Crippen MR) is 459 cm³/mol. The van der Waals surface area contributed by atoms with Crippen molar-refractivity contribution in [2.75, 3.05) is 19.8 Å². The largest absolute Gasteiger partial charge is 0.508 e. The van der Waals surface area contributed by atoms with Crippen LogP contribution < -0.4 is 14.2 Å². The van der Waals surface area contributed by atoms with Crippen LogP contribution in [0.2, 0.25) is 0 Å². The maximum atomic E-state index is 11.5. The minimum Gasteiger partial charge on any atom is -0.508 e. The van der Waals surface area contributed by atoms with Crippen LogP contribution in [0.3, 0.4) is 0 Å². The molecule has 0 atom stereocenters. The summed E-state index contributed by atoms with van der Waals surface area (Å²) >= 11 is 18.9. The molecule has 2 N–H and O–H groups in total. The van der Waals surface area contributed by atoms with Gasteiger partial charge in [0.1, 0.15) is 35.0 Å². The van der Waals surface area contributed by atoms with Gasteiger partial charge in [-0.15, -0.1) is 24.0 Å². The van der Waals surface area contributed by atoms with Gasteiger partial charge in [0, 0.05) is 61.6 Å². The molecule has 0 saturated carbocycles. The molecule has 0 aliphatic carbocycles. The Morgan fingerprint density at radius 2 is 0.784 bits per heavy atom. The topological polar surface area (TPSA) is 102 Å². The quantitative estimate of drug-likeness (QED) is 0.0246. The molecule has 0 unspecified atom stereocenters. The molecule has 7 nitrogen and oxygen atoms in total. The number of hydrogen-bond acceptors (Lipinski definition) is 7. The zero-order valence-corrected chi connectivity index (χ0v) is 71.5. The van der Waals surface area contributed by atoms with Crippen molar-refractivity contribution in [3.8, 4) is 28.7 Å². The number of halogens is 7. The molecule has 0 bridgehead atoms. The Labute approximate surface area is 655 Å². The summed E-state index contributed by atoms with van der Waals surface area (Å²) in [7, 11) is 0. The normalized spacial score (nSPS) is 10.5. The van der Waals surface area contributed by atoms with Crippen LogP contribution in [0.25, 0.3) is 43.1 Å². The number of carbonyl (C=O) groups is 2. The molecule has 0 heterocycles. The summed E-state index contributed by atoms with van der Waals surface area (Å²) in [5.41, 5.74) is 7.74. The van der Waals surface area contributed by atoms with Crippen molar-refractivity contribution in [1.29, 1.82) is 0 Å². The molecule has 0 saturated heterocycles. The SMILES string of the molecule is CCCCCCCc1cc(C=O)c(CCCCCCC)cc1Br.CCCCCCOc1ccc2c(Br)c(C)ccc2c1Br.CCCCCCOc1ccc2c(Br)c(C)ccc2c1C=O.CCCCCCOc1ccc2cc(C)ccc2c1.I.II.Oc1ccc2cc(O)ccc2c1. The zero-order chi connectivity index (χ0) is 70.0. The highest BCUT2D eigenvalue weighted by atomic mass is 128. The third-order valence-corrected chi connectivity index (χ3v) is 20.4. The monoisotopic (exact) mass is 1910 g/mol. The summed E-state index contributed by atoms with van der Waals surface area (Å²) in [6.07, 6.45) is 31.4. The van der Waals surface area contributed by atoms with E-state index in [4.69, 9.17) is 24.4 Å². The highest BCUT2D eigenvalue weighted by Gasteiger charge is 2.14. The number of hydrogen-bond donors (Lipinski definition) is 2. The van der Waals surface area contributed by atoms with Crippen molar-refractivity contribution in [1.82, 2.24) is 0 Å². The number of aldehydes is 2. The number of phenolic OH excluding ortho intramolecular Hbond substituents is 2. The van der Waals surface area contributed by atoms with Gasteiger partial charge in [-0.25, -0.2) is 0 Å². The number of phenols is 2. The van der Waals surface area contributed by atoms with Gasteiger partial charge in [-0.1, -0.05) is 226 Å². The lowest BCUT2D eigenvalue weighted by Gasteiger charge is -2.12. The molecule has 0 radical (unpaired) electrons. The van der Waals surface area contributed by atoms with Gasteiger partial charge >= 0.3 is 0 Å². The lowest BCUT2D eigenvalue weighted by Crippen LogP contribution is -2.01. The summed E-state index contributed by atoms with van der Waals surface area (Å²) in [4.78, 5) is 22.9. The molecule has 0 fully saturated rings. The van der Waals surface area contributed by atoms with Crippen molar-refractivity contribution in [3.05, 3.63) is 190 Å². The number of benzene rings is 9. The number of ether oxygens (including phenoxy) is 3. The average molecular weight is 1920 g/mol. The van der Waals surface area contributed by atoms with Crippen molar-refractivity contribution in [2.24, 2.45) is 0 Å². The first kappa shape index (κ1) is 87.7. The predicted octanol–water partition coefficient (Wildman–Crippen LogP) is 29.3. The van der Waals surface area contributed by atoms with Crippen LogP contribution in [0.5, 0.6) is 28.7 Å². The lowest BCUT2D eigenvalue weighted by atomic mass is 9.97. The van der Waals surface area contributed by atoms with Gasteiger partial charge in [0.25, 0.3) is 0 Å². The Morgan fingerprint density at radius 1 is 0.381 bits per heavy atom. The number of unbranched alkanes of at least 4 members (excludes halogenated alkanes) is 17. The smallest absolute Gasteiger partial charge is 0.154 e. The van der Waals surface area contributed by atoms with E-state index in [-0.39, 0.29) is 35.5 Å². The Balaban J connectivity index is 0.000000316. The van der Waals surface area contributed by atoms with Crippen LogP contribution in [0.15, 0.2) is 151 Å². The van der Waals surface area contributed by atoms with Gasteiger partial charge < -0.3 is 24.4 Å². The first-order valence-electron chi connectivity index (χ1n) is 34.9. The first-order valence-corrected chi connectivity index (χ1v) is 44.3. The maximum absolute atomic E-state index is 11.5. The summed E-state index contributed by atoms with van der Waals surface area (Å²) in [6.45, 7) is 19.7. The van der Waals surface area contributed by atoms with Crippen molar-refractivity contribution in [2.45, 2.75) is 209 Å². The first-order chi connectivity index (χ1) is 46.6. The van der Waals surface area contributed by atoms with Gasteiger partial charge in [-0.2, -0.15) is 0 Å². The standard InChI is InChI=1S/C21H33BrO.C18H21BrO2.C17H20Br2O.C17H22O.C10H8O2.I2.HI/c1-3-5-7-9-11-13-18-16-21(22)19(15-20(18)17-23)14-12-10-8-6-4-2;1-3-4-5-6-11-21-17-10-9-15-14(16(17)12-20)8-7-13(2)18(15)19;1-3-4-5-6-11-20-15-10-9-13-14(17(15)19)8-7-12(2)16(13)18;1-3-4-5-6-11-18-17-10-9-15-12-14(2)7-8-16(15)13-17;11-9-3-1-7-5-10(12)4-2-8(7)6-9;1-2;/h15-17H,3-14H2,1-2H3;7-10,12H,3-6,11H2,1-2H3;7-10H,3-6,11H2,1-2H3;7-10,12-13H,3-6,11H2,1-2H3;1-6,11-12H;;1H. The highest BCUT2D eigenvalue weighted by molar-refractivity contribution is 15.0. The molecular weight excluding hydrogens is 1810 g/mol. The highest BCUT2D eigenvalue weighted by Crippen LogP contribution is 2.38. The Bertz CT molecular complexity index is 3710. The fourth-order valence-electron chi connectivity index (χ4n) is 11.1. The molecule has 97 heavy (non-hydrogen) atoms. The third-order valence-electron chi connectivity index (χ3n) is 16.8. The molecule has 9 aromatic rings. The van der Waals surface area contributed by atoms with E-state index in [0.717, 1.165) is 115 Å². The molecule has 9 aromatic carbocycles. The van der Waals surface area contributed by atoms with Crippen LogP contribution in [0, 0.1) is 20.8 Å². The van der Waals surface area contributed by atoms with Gasteiger partial charge in [0.2, 0.25) is 0 Å². The molecule has 0 aliphatic heterocycles. The number of aryl methyl sites for hydroxylation is 5. The Kier molecular flexibility index (Phi) is 46.6. The van der Waals surface area contributed by atoms with Crippen molar-refractivity contribution < 1.29 is 34.0 Å². The van der Waals surface area contributed by atoms with E-state index in [1.807, 2.05) is 31.2 Å².